The third-order valence-electron chi connectivity index (χ3n) is 5.15. The first-order valence-corrected chi connectivity index (χ1v) is 10.3. The van der Waals surface area contributed by atoms with Crippen molar-refractivity contribution in [2.45, 2.75) is 19.8 Å². The highest BCUT2D eigenvalue weighted by atomic mass is 19.1. The summed E-state index contributed by atoms with van der Waals surface area (Å²) in [6, 6.07) is 15.0. The van der Waals surface area contributed by atoms with E-state index in [0.29, 0.717) is 5.92 Å². The molecule has 1 unspecified atom stereocenters. The Balaban J connectivity index is 1.49. The Morgan fingerprint density at radius 3 is 2.86 bits per heavy atom. The van der Waals surface area contributed by atoms with Crippen LogP contribution in [0.4, 0.5) is 10.1 Å². The van der Waals surface area contributed by atoms with E-state index in [4.69, 9.17) is 9.73 Å². The van der Waals surface area contributed by atoms with E-state index in [9.17, 15) is 4.39 Å². The van der Waals surface area contributed by atoms with Gasteiger partial charge in [0, 0.05) is 44.5 Å². The van der Waals surface area contributed by atoms with Gasteiger partial charge in [-0.2, -0.15) is 0 Å². The van der Waals surface area contributed by atoms with Crippen LogP contribution in [0.1, 0.15) is 18.9 Å². The Hall–Kier alpha value is -2.76. The molecule has 0 bridgehead atoms. The topological polar surface area (TPSA) is 48.9 Å². The highest BCUT2D eigenvalue weighted by molar-refractivity contribution is 5.79. The van der Waals surface area contributed by atoms with Crippen LogP contribution in [-0.2, 0) is 6.42 Å². The van der Waals surface area contributed by atoms with Gasteiger partial charge >= 0.3 is 0 Å². The van der Waals surface area contributed by atoms with Crippen LogP contribution in [0.25, 0.3) is 0 Å². The Morgan fingerprint density at radius 2 is 2.07 bits per heavy atom. The molecule has 6 heteroatoms. The van der Waals surface area contributed by atoms with E-state index in [-0.39, 0.29) is 5.82 Å². The number of methoxy groups -OCH3 is 1. The van der Waals surface area contributed by atoms with Crippen LogP contribution in [0.15, 0.2) is 53.5 Å². The second kappa shape index (κ2) is 10.7. The number of ether oxygens (including phenoxy) is 1. The van der Waals surface area contributed by atoms with E-state index in [1.807, 2.05) is 18.2 Å². The van der Waals surface area contributed by atoms with E-state index >= 15 is 0 Å². The van der Waals surface area contributed by atoms with Gasteiger partial charge in [-0.15, -0.1) is 0 Å². The minimum absolute atomic E-state index is 0.190. The zero-order valence-corrected chi connectivity index (χ0v) is 17.3. The summed E-state index contributed by atoms with van der Waals surface area (Å²) in [7, 11) is 1.70. The Bertz CT molecular complexity index is 811. The van der Waals surface area contributed by atoms with Gasteiger partial charge < -0.3 is 20.3 Å². The van der Waals surface area contributed by atoms with Crippen LogP contribution in [0.3, 0.4) is 0 Å². The predicted molar refractivity (Wildman–Crippen MR) is 117 cm³/mol. The molecule has 2 aromatic rings. The molecule has 0 saturated carbocycles. The Morgan fingerprint density at radius 1 is 1.21 bits per heavy atom. The maximum Gasteiger partial charge on any atom is 0.191 e. The highest BCUT2D eigenvalue weighted by Crippen LogP contribution is 2.26. The van der Waals surface area contributed by atoms with Gasteiger partial charge in [0.1, 0.15) is 11.6 Å². The SMILES string of the molecule is CCNC(=NCC1CCN(c2cccc(OC)c2)C1)NCCc1cccc(F)c1. The molecule has 1 heterocycles. The number of benzene rings is 2. The molecule has 0 aromatic heterocycles. The molecule has 1 aliphatic heterocycles. The van der Waals surface area contributed by atoms with E-state index in [1.54, 1.807) is 19.2 Å². The molecule has 0 radical (unpaired) electrons. The number of guanidine groups is 1. The Labute approximate surface area is 173 Å². The first-order chi connectivity index (χ1) is 14.2. The van der Waals surface area contributed by atoms with Crippen LogP contribution >= 0.6 is 0 Å². The molecule has 1 saturated heterocycles. The van der Waals surface area contributed by atoms with Gasteiger partial charge in [0.05, 0.1) is 7.11 Å². The van der Waals surface area contributed by atoms with Crippen molar-refractivity contribution in [1.82, 2.24) is 10.6 Å². The molecular formula is C23H31FN4O. The molecule has 0 spiro atoms. The zero-order valence-electron chi connectivity index (χ0n) is 17.3. The fraction of sp³-hybridized carbons (Fsp3) is 0.435. The fourth-order valence-corrected chi connectivity index (χ4v) is 3.60. The number of hydrogen-bond donors (Lipinski definition) is 2. The molecule has 1 aliphatic rings. The minimum Gasteiger partial charge on any atom is -0.497 e. The van der Waals surface area contributed by atoms with Crippen molar-refractivity contribution in [1.29, 1.82) is 0 Å². The van der Waals surface area contributed by atoms with Crippen LogP contribution in [0, 0.1) is 11.7 Å². The number of halogens is 1. The summed E-state index contributed by atoms with van der Waals surface area (Å²) in [4.78, 5) is 7.17. The smallest absolute Gasteiger partial charge is 0.191 e. The molecule has 5 nitrogen and oxygen atoms in total. The van der Waals surface area contributed by atoms with Crippen LogP contribution in [-0.4, -0.2) is 45.8 Å². The molecular weight excluding hydrogens is 367 g/mol. The number of nitrogens with zero attached hydrogens (tertiary/aromatic N) is 2. The maximum absolute atomic E-state index is 13.3. The Kier molecular flexibility index (Phi) is 7.73. The first-order valence-electron chi connectivity index (χ1n) is 10.3. The normalized spacial score (nSPS) is 16.7. The highest BCUT2D eigenvalue weighted by Gasteiger charge is 2.22. The zero-order chi connectivity index (χ0) is 20.5. The molecule has 2 N–H and O–H groups in total. The third kappa shape index (κ3) is 6.38. The first kappa shape index (κ1) is 21.0. The van der Waals surface area contributed by atoms with Gasteiger partial charge in [-0.3, -0.25) is 4.99 Å². The van der Waals surface area contributed by atoms with E-state index in [0.717, 1.165) is 62.8 Å². The quantitative estimate of drug-likeness (QED) is 0.528. The molecule has 0 amide bonds. The lowest BCUT2D eigenvalue weighted by atomic mass is 10.1. The average Bonchev–Trinajstić information content (AvgIpc) is 3.21. The van der Waals surface area contributed by atoms with Crippen molar-refractivity contribution in [2.75, 3.05) is 44.7 Å². The van der Waals surface area contributed by atoms with Gasteiger partial charge in [0.2, 0.25) is 0 Å². The van der Waals surface area contributed by atoms with Crippen molar-refractivity contribution >= 4 is 11.6 Å². The number of hydrogen-bond acceptors (Lipinski definition) is 3. The standard InChI is InChI=1S/C23H31FN4O/c1-3-25-23(26-12-10-18-6-4-7-20(24)14-18)27-16-19-11-13-28(17-19)21-8-5-9-22(15-21)29-2/h4-9,14-15,19H,3,10-13,16-17H2,1-2H3,(H2,25,26,27). The average molecular weight is 399 g/mol. The fourth-order valence-electron chi connectivity index (χ4n) is 3.60. The summed E-state index contributed by atoms with van der Waals surface area (Å²) >= 11 is 0. The van der Waals surface area contributed by atoms with Crippen molar-refractivity contribution in [3.63, 3.8) is 0 Å². The number of nitrogens with one attached hydrogen (secondary N) is 2. The van der Waals surface area contributed by atoms with Crippen molar-refractivity contribution < 1.29 is 9.13 Å². The van der Waals surface area contributed by atoms with E-state index in [1.165, 1.54) is 11.8 Å². The van der Waals surface area contributed by atoms with Crippen LogP contribution < -0.4 is 20.3 Å². The molecule has 3 rings (SSSR count). The lowest BCUT2D eigenvalue weighted by Gasteiger charge is -2.19. The van der Waals surface area contributed by atoms with Gasteiger partial charge in [0.15, 0.2) is 5.96 Å². The predicted octanol–water partition coefficient (Wildman–Crippen LogP) is 3.46. The summed E-state index contributed by atoms with van der Waals surface area (Å²) in [5.41, 5.74) is 2.19. The van der Waals surface area contributed by atoms with Gasteiger partial charge in [-0.1, -0.05) is 18.2 Å². The van der Waals surface area contributed by atoms with Crippen molar-refractivity contribution in [3.05, 3.63) is 59.9 Å². The summed E-state index contributed by atoms with van der Waals surface area (Å²) < 4.78 is 18.6. The summed E-state index contributed by atoms with van der Waals surface area (Å²) in [6.07, 6.45) is 1.89. The second-order valence-corrected chi connectivity index (χ2v) is 7.33. The summed E-state index contributed by atoms with van der Waals surface area (Å²) in [6.45, 7) is 6.41. The number of aliphatic imine (C=N–C) groups is 1. The molecule has 156 valence electrons. The number of anilines is 1. The summed E-state index contributed by atoms with van der Waals surface area (Å²) in [5, 5.41) is 6.65. The van der Waals surface area contributed by atoms with Gasteiger partial charge in [-0.05, 0) is 55.5 Å². The molecule has 0 aliphatic carbocycles. The van der Waals surface area contributed by atoms with Crippen LogP contribution in [0.2, 0.25) is 0 Å². The lowest BCUT2D eigenvalue weighted by Crippen LogP contribution is -2.38. The van der Waals surface area contributed by atoms with Gasteiger partial charge in [-0.25, -0.2) is 4.39 Å². The second-order valence-electron chi connectivity index (χ2n) is 7.33. The monoisotopic (exact) mass is 398 g/mol. The van der Waals surface area contributed by atoms with Gasteiger partial charge in [0.25, 0.3) is 0 Å². The maximum atomic E-state index is 13.3. The molecule has 2 aromatic carbocycles. The lowest BCUT2D eigenvalue weighted by molar-refractivity contribution is 0.415. The van der Waals surface area contributed by atoms with E-state index < -0.39 is 0 Å². The third-order valence-corrected chi connectivity index (χ3v) is 5.15. The van der Waals surface area contributed by atoms with Crippen molar-refractivity contribution in [3.8, 4) is 5.75 Å². The van der Waals surface area contributed by atoms with Crippen molar-refractivity contribution in [2.24, 2.45) is 10.9 Å². The number of rotatable bonds is 8. The molecule has 1 fully saturated rings. The van der Waals surface area contributed by atoms with Crippen LogP contribution in [0.5, 0.6) is 5.75 Å². The molecule has 29 heavy (non-hydrogen) atoms. The molecule has 1 atom stereocenters. The largest absolute Gasteiger partial charge is 0.497 e. The summed E-state index contributed by atoms with van der Waals surface area (Å²) in [5.74, 6) is 2.05. The van der Waals surface area contributed by atoms with E-state index in [2.05, 4.69) is 34.6 Å². The minimum atomic E-state index is -0.190.